The number of halogens is 3. The lowest BCUT2D eigenvalue weighted by molar-refractivity contribution is -0.137. The topological polar surface area (TPSA) is 40.6 Å². The van der Waals surface area contributed by atoms with Gasteiger partial charge in [0.15, 0.2) is 0 Å². The Balaban J connectivity index is 1.64. The van der Waals surface area contributed by atoms with E-state index in [9.17, 15) is 22.8 Å². The number of rotatable bonds is 2. The van der Waals surface area contributed by atoms with E-state index in [0.717, 1.165) is 18.6 Å². The Labute approximate surface area is 160 Å². The second-order valence-electron chi connectivity index (χ2n) is 7.10. The van der Waals surface area contributed by atoms with Crippen LogP contribution in [0.2, 0.25) is 0 Å². The molecule has 2 amide bonds. The van der Waals surface area contributed by atoms with Crippen LogP contribution in [-0.4, -0.2) is 24.9 Å². The van der Waals surface area contributed by atoms with E-state index in [1.807, 2.05) is 0 Å². The van der Waals surface area contributed by atoms with Crippen molar-refractivity contribution in [2.45, 2.75) is 31.9 Å². The summed E-state index contributed by atoms with van der Waals surface area (Å²) in [6, 6.07) is 10.4. The van der Waals surface area contributed by atoms with Crippen LogP contribution in [-0.2, 0) is 17.4 Å². The fourth-order valence-electron chi connectivity index (χ4n) is 3.87. The van der Waals surface area contributed by atoms with Crippen molar-refractivity contribution >= 4 is 23.2 Å². The number of benzene rings is 2. The van der Waals surface area contributed by atoms with E-state index in [0.29, 0.717) is 54.9 Å². The van der Waals surface area contributed by atoms with Gasteiger partial charge in [0.05, 0.1) is 5.56 Å². The molecule has 146 valence electrons. The van der Waals surface area contributed by atoms with Crippen LogP contribution in [0.3, 0.4) is 0 Å². The number of nitrogens with zero attached hydrogens (tertiary/aromatic N) is 2. The molecule has 0 saturated carbocycles. The number of amides is 2. The molecule has 2 heterocycles. The molecule has 7 heteroatoms. The lowest BCUT2D eigenvalue weighted by atomic mass is 9.98. The van der Waals surface area contributed by atoms with Gasteiger partial charge >= 0.3 is 6.18 Å². The summed E-state index contributed by atoms with van der Waals surface area (Å²) in [5.74, 6) is -0.234. The molecular weight excluding hydrogens is 369 g/mol. The number of hydrogen-bond donors (Lipinski definition) is 0. The first-order valence-electron chi connectivity index (χ1n) is 9.27. The zero-order chi connectivity index (χ0) is 19.9. The molecule has 28 heavy (non-hydrogen) atoms. The lowest BCUT2D eigenvalue weighted by Crippen LogP contribution is -2.35. The van der Waals surface area contributed by atoms with Crippen molar-refractivity contribution < 1.29 is 22.8 Å². The number of carbonyl (C=O) groups is 2. The SMILES string of the molecule is O=C1CCCN1c1cccc(C(=O)N2CCCc3cc(C(F)(F)F)ccc32)c1. The quantitative estimate of drug-likeness (QED) is 0.764. The van der Waals surface area contributed by atoms with Crippen LogP contribution in [0.25, 0.3) is 0 Å². The number of aryl methyl sites for hydroxylation is 1. The summed E-state index contributed by atoms with van der Waals surface area (Å²) in [7, 11) is 0. The third kappa shape index (κ3) is 3.37. The number of fused-ring (bicyclic) bond motifs is 1. The molecule has 0 radical (unpaired) electrons. The fraction of sp³-hybridized carbons (Fsp3) is 0.333. The lowest BCUT2D eigenvalue weighted by Gasteiger charge is -2.30. The predicted octanol–water partition coefficient (Wildman–Crippen LogP) is 4.43. The Kier molecular flexibility index (Phi) is 4.61. The Morgan fingerprint density at radius 3 is 2.46 bits per heavy atom. The van der Waals surface area contributed by atoms with E-state index < -0.39 is 11.7 Å². The van der Waals surface area contributed by atoms with Crippen molar-refractivity contribution in [2.75, 3.05) is 22.9 Å². The first-order valence-corrected chi connectivity index (χ1v) is 9.27. The van der Waals surface area contributed by atoms with Crippen molar-refractivity contribution in [3.05, 3.63) is 59.2 Å². The van der Waals surface area contributed by atoms with E-state index in [1.54, 1.807) is 29.2 Å². The van der Waals surface area contributed by atoms with Gasteiger partial charge in [-0.2, -0.15) is 13.2 Å². The maximum Gasteiger partial charge on any atom is 0.416 e. The first-order chi connectivity index (χ1) is 13.3. The fourth-order valence-corrected chi connectivity index (χ4v) is 3.87. The molecule has 0 unspecified atom stereocenters. The molecule has 2 aromatic carbocycles. The minimum Gasteiger partial charge on any atom is -0.312 e. The van der Waals surface area contributed by atoms with Gasteiger partial charge in [0.2, 0.25) is 5.91 Å². The van der Waals surface area contributed by atoms with Crippen LogP contribution < -0.4 is 9.80 Å². The summed E-state index contributed by atoms with van der Waals surface area (Å²) in [6.45, 7) is 1.08. The average Bonchev–Trinajstić information content (AvgIpc) is 3.12. The van der Waals surface area contributed by atoms with Crippen molar-refractivity contribution in [1.82, 2.24) is 0 Å². The molecule has 0 bridgehead atoms. The summed E-state index contributed by atoms with van der Waals surface area (Å²) >= 11 is 0. The number of anilines is 2. The molecule has 4 rings (SSSR count). The number of hydrogen-bond acceptors (Lipinski definition) is 2. The normalized spacial score (nSPS) is 17.0. The molecule has 0 atom stereocenters. The van der Waals surface area contributed by atoms with Gasteiger partial charge in [-0.25, -0.2) is 0 Å². The second kappa shape index (κ2) is 6.96. The standard InChI is InChI=1S/C21H19F3N2O2/c22-21(23,24)16-8-9-18-14(12-16)5-2-11-26(18)20(28)15-4-1-6-17(13-15)25-10-3-7-19(25)27/h1,4,6,8-9,12-13H,2-3,5,7,10-11H2. The van der Waals surface area contributed by atoms with E-state index in [2.05, 4.69) is 0 Å². The van der Waals surface area contributed by atoms with Gasteiger partial charge in [0, 0.05) is 36.4 Å². The highest BCUT2D eigenvalue weighted by atomic mass is 19.4. The van der Waals surface area contributed by atoms with Crippen molar-refractivity contribution in [3.8, 4) is 0 Å². The maximum absolute atomic E-state index is 13.1. The van der Waals surface area contributed by atoms with Gasteiger partial charge < -0.3 is 9.80 Å². The van der Waals surface area contributed by atoms with Crippen LogP contribution >= 0.6 is 0 Å². The molecule has 1 fully saturated rings. The molecule has 0 aliphatic carbocycles. The first kappa shape index (κ1) is 18.5. The smallest absolute Gasteiger partial charge is 0.312 e. The molecule has 0 N–H and O–H groups in total. The Morgan fingerprint density at radius 1 is 0.964 bits per heavy atom. The van der Waals surface area contributed by atoms with Crippen molar-refractivity contribution in [1.29, 1.82) is 0 Å². The second-order valence-corrected chi connectivity index (χ2v) is 7.10. The van der Waals surface area contributed by atoms with Crippen molar-refractivity contribution in [3.63, 3.8) is 0 Å². The average molecular weight is 388 g/mol. The molecule has 2 aliphatic rings. The summed E-state index contributed by atoms with van der Waals surface area (Å²) in [5.41, 5.74) is 1.45. The van der Waals surface area contributed by atoms with Gasteiger partial charge in [-0.3, -0.25) is 9.59 Å². The Bertz CT molecular complexity index is 939. The number of alkyl halides is 3. The summed E-state index contributed by atoms with van der Waals surface area (Å²) in [6.07, 6.45) is -2.01. The summed E-state index contributed by atoms with van der Waals surface area (Å²) in [4.78, 5) is 28.3. The number of carbonyl (C=O) groups excluding carboxylic acids is 2. The van der Waals surface area contributed by atoms with Gasteiger partial charge in [-0.05, 0) is 61.2 Å². The Morgan fingerprint density at radius 2 is 1.75 bits per heavy atom. The van der Waals surface area contributed by atoms with Crippen LogP contribution in [0.15, 0.2) is 42.5 Å². The van der Waals surface area contributed by atoms with E-state index in [-0.39, 0.29) is 11.8 Å². The minimum atomic E-state index is -4.40. The highest BCUT2D eigenvalue weighted by molar-refractivity contribution is 6.08. The Hall–Kier alpha value is -2.83. The predicted molar refractivity (Wildman–Crippen MR) is 99.5 cm³/mol. The molecule has 0 spiro atoms. The van der Waals surface area contributed by atoms with Crippen LogP contribution in [0.1, 0.15) is 40.7 Å². The van der Waals surface area contributed by atoms with Crippen LogP contribution in [0.5, 0.6) is 0 Å². The molecule has 0 aromatic heterocycles. The van der Waals surface area contributed by atoms with Gasteiger partial charge in [0.25, 0.3) is 5.91 Å². The van der Waals surface area contributed by atoms with Crippen LogP contribution in [0, 0.1) is 0 Å². The zero-order valence-electron chi connectivity index (χ0n) is 15.1. The molecule has 2 aliphatic heterocycles. The zero-order valence-corrected chi connectivity index (χ0v) is 15.1. The molecule has 1 saturated heterocycles. The van der Waals surface area contributed by atoms with Gasteiger partial charge in [-0.15, -0.1) is 0 Å². The molecule has 2 aromatic rings. The van der Waals surface area contributed by atoms with Crippen molar-refractivity contribution in [2.24, 2.45) is 0 Å². The van der Waals surface area contributed by atoms with E-state index in [4.69, 9.17) is 0 Å². The van der Waals surface area contributed by atoms with Crippen LogP contribution in [0.4, 0.5) is 24.5 Å². The molecular formula is C21H19F3N2O2. The highest BCUT2D eigenvalue weighted by Gasteiger charge is 2.33. The highest BCUT2D eigenvalue weighted by Crippen LogP contribution is 2.36. The summed E-state index contributed by atoms with van der Waals surface area (Å²) < 4.78 is 39.0. The summed E-state index contributed by atoms with van der Waals surface area (Å²) in [5, 5.41) is 0. The van der Waals surface area contributed by atoms with E-state index >= 15 is 0 Å². The largest absolute Gasteiger partial charge is 0.416 e. The van der Waals surface area contributed by atoms with E-state index in [1.165, 1.54) is 11.0 Å². The van der Waals surface area contributed by atoms with Gasteiger partial charge in [-0.1, -0.05) is 6.07 Å². The third-order valence-electron chi connectivity index (χ3n) is 5.25. The maximum atomic E-state index is 13.1. The van der Waals surface area contributed by atoms with Gasteiger partial charge in [0.1, 0.15) is 0 Å². The third-order valence-corrected chi connectivity index (χ3v) is 5.25. The molecule has 4 nitrogen and oxygen atoms in total. The monoisotopic (exact) mass is 388 g/mol. The minimum absolute atomic E-state index is 0.0348.